The molecule has 0 saturated carbocycles. The zero-order valence-electron chi connectivity index (χ0n) is 16.2. The fourth-order valence-electron chi connectivity index (χ4n) is 3.88. The number of amides is 1. The number of nitrogens with zero attached hydrogens (tertiary/aromatic N) is 1. The monoisotopic (exact) mass is 484 g/mol. The molecule has 0 saturated heterocycles. The summed E-state index contributed by atoms with van der Waals surface area (Å²) in [7, 11) is 0. The summed E-state index contributed by atoms with van der Waals surface area (Å²) in [4.78, 5) is 27.3. The minimum absolute atomic E-state index is 0.0368. The van der Waals surface area contributed by atoms with E-state index in [2.05, 4.69) is 26.2 Å². The van der Waals surface area contributed by atoms with Gasteiger partial charge in [-0.25, -0.2) is 9.78 Å². The number of pyridine rings is 1. The smallest absolute Gasteiger partial charge is 0.407 e. The number of carbonyl (C=O) groups excluding carboxylic acids is 1. The molecule has 0 unspecified atom stereocenters. The molecule has 0 bridgehead atoms. The number of rotatable bonds is 6. The minimum atomic E-state index is -1.19. The van der Waals surface area contributed by atoms with Crippen LogP contribution in [0.5, 0.6) is 0 Å². The van der Waals surface area contributed by atoms with Crippen molar-refractivity contribution in [1.29, 1.82) is 0 Å². The summed E-state index contributed by atoms with van der Waals surface area (Å²) in [5.41, 5.74) is 4.27. The molecular weight excluding hydrogens is 467 g/mol. The summed E-state index contributed by atoms with van der Waals surface area (Å²) in [6.07, 6.45) is -0.0871. The number of aliphatic carboxylic acids is 1. The molecular formula is C23H18BrFN2O4. The van der Waals surface area contributed by atoms with Crippen molar-refractivity contribution in [2.45, 2.75) is 18.4 Å². The lowest BCUT2D eigenvalue weighted by molar-refractivity contribution is -0.137. The van der Waals surface area contributed by atoms with Crippen LogP contribution in [-0.2, 0) is 9.53 Å². The van der Waals surface area contributed by atoms with Crippen LogP contribution in [0.4, 0.5) is 9.18 Å². The number of aromatic nitrogens is 1. The first-order valence-electron chi connectivity index (χ1n) is 9.58. The topological polar surface area (TPSA) is 88.5 Å². The van der Waals surface area contributed by atoms with Gasteiger partial charge in [-0.2, -0.15) is 4.39 Å². The highest BCUT2D eigenvalue weighted by Gasteiger charge is 2.30. The van der Waals surface area contributed by atoms with Crippen LogP contribution in [0.1, 0.15) is 35.1 Å². The first-order valence-corrected chi connectivity index (χ1v) is 10.4. The molecule has 1 atom stereocenters. The maximum absolute atomic E-state index is 14.2. The summed E-state index contributed by atoms with van der Waals surface area (Å²) in [5.74, 6) is -2.18. The van der Waals surface area contributed by atoms with Crippen molar-refractivity contribution >= 4 is 28.0 Å². The quantitative estimate of drug-likeness (QED) is 0.478. The fourth-order valence-corrected chi connectivity index (χ4v) is 4.23. The highest BCUT2D eigenvalue weighted by Crippen LogP contribution is 2.44. The van der Waals surface area contributed by atoms with Gasteiger partial charge in [0.15, 0.2) is 0 Å². The molecule has 1 aromatic heterocycles. The Morgan fingerprint density at radius 1 is 1.13 bits per heavy atom. The van der Waals surface area contributed by atoms with Crippen LogP contribution in [0.2, 0.25) is 0 Å². The molecule has 4 rings (SSSR count). The summed E-state index contributed by atoms with van der Waals surface area (Å²) in [5, 5.41) is 11.7. The normalized spacial score (nSPS) is 13.2. The Balaban J connectivity index is 1.50. The molecule has 158 valence electrons. The molecule has 2 aromatic carbocycles. The molecule has 0 radical (unpaired) electrons. The molecule has 1 aliphatic rings. The van der Waals surface area contributed by atoms with Gasteiger partial charge in [0.25, 0.3) is 0 Å². The van der Waals surface area contributed by atoms with Gasteiger partial charge in [-0.15, -0.1) is 0 Å². The van der Waals surface area contributed by atoms with Gasteiger partial charge in [-0.3, -0.25) is 4.79 Å². The second-order valence-electron chi connectivity index (χ2n) is 7.15. The Hall–Kier alpha value is -3.26. The third-order valence-corrected chi connectivity index (χ3v) is 5.66. The number of ether oxygens (including phenoxy) is 1. The van der Waals surface area contributed by atoms with Gasteiger partial charge in [-0.1, -0.05) is 48.5 Å². The first kappa shape index (κ1) is 21.0. The predicted molar refractivity (Wildman–Crippen MR) is 115 cm³/mol. The van der Waals surface area contributed by atoms with Gasteiger partial charge in [0.2, 0.25) is 5.95 Å². The molecule has 2 N–H and O–H groups in total. The summed E-state index contributed by atoms with van der Waals surface area (Å²) in [6.45, 7) is 0.0683. The number of fused-ring (bicyclic) bond motifs is 3. The molecule has 3 aromatic rings. The van der Waals surface area contributed by atoms with E-state index in [4.69, 9.17) is 4.74 Å². The van der Waals surface area contributed by atoms with Crippen molar-refractivity contribution in [3.63, 3.8) is 0 Å². The Morgan fingerprint density at radius 3 is 2.35 bits per heavy atom. The second kappa shape index (κ2) is 8.85. The van der Waals surface area contributed by atoms with Gasteiger partial charge in [0, 0.05) is 22.2 Å². The lowest BCUT2D eigenvalue weighted by atomic mass is 9.98. The fraction of sp³-hybridized carbons (Fsp3) is 0.174. The molecule has 8 heteroatoms. The number of hydrogen-bond acceptors (Lipinski definition) is 4. The molecule has 31 heavy (non-hydrogen) atoms. The first-order chi connectivity index (χ1) is 14.9. The highest BCUT2D eigenvalue weighted by atomic mass is 79.9. The largest absolute Gasteiger partial charge is 0.481 e. The van der Waals surface area contributed by atoms with E-state index in [0.29, 0.717) is 4.47 Å². The van der Waals surface area contributed by atoms with E-state index in [9.17, 15) is 19.1 Å². The third kappa shape index (κ3) is 4.44. The molecule has 1 heterocycles. The SMILES string of the molecule is O=C(O)C[C@H](NC(=O)OCC1c2ccccc2-c2ccccc21)c1cc(Br)cnc1F. The average Bonchev–Trinajstić information content (AvgIpc) is 3.07. The number of carboxylic acids is 1. The van der Waals surface area contributed by atoms with E-state index < -0.39 is 30.5 Å². The second-order valence-corrected chi connectivity index (χ2v) is 8.07. The van der Waals surface area contributed by atoms with E-state index in [1.807, 2.05) is 48.5 Å². The Morgan fingerprint density at radius 2 is 1.74 bits per heavy atom. The van der Waals surface area contributed by atoms with E-state index >= 15 is 0 Å². The van der Waals surface area contributed by atoms with Crippen LogP contribution < -0.4 is 5.32 Å². The van der Waals surface area contributed by atoms with Crippen LogP contribution in [0.15, 0.2) is 65.3 Å². The molecule has 6 nitrogen and oxygen atoms in total. The van der Waals surface area contributed by atoms with Crippen LogP contribution in [0.3, 0.4) is 0 Å². The van der Waals surface area contributed by atoms with Crippen molar-refractivity contribution in [3.8, 4) is 11.1 Å². The number of carboxylic acid groups (broad SMARTS) is 1. The maximum atomic E-state index is 14.2. The maximum Gasteiger partial charge on any atom is 0.407 e. The molecule has 0 aliphatic heterocycles. The summed E-state index contributed by atoms with van der Waals surface area (Å²) >= 11 is 3.18. The van der Waals surface area contributed by atoms with Crippen molar-refractivity contribution in [2.75, 3.05) is 6.61 Å². The van der Waals surface area contributed by atoms with Crippen LogP contribution >= 0.6 is 15.9 Å². The zero-order chi connectivity index (χ0) is 22.0. The van der Waals surface area contributed by atoms with Crippen LogP contribution in [0.25, 0.3) is 11.1 Å². The van der Waals surface area contributed by atoms with Gasteiger partial charge < -0.3 is 15.2 Å². The predicted octanol–water partition coefficient (Wildman–Crippen LogP) is 5.04. The number of halogens is 2. The molecule has 1 aliphatic carbocycles. The Kier molecular flexibility index (Phi) is 5.99. The van der Waals surface area contributed by atoms with Crippen molar-refractivity contribution in [2.24, 2.45) is 0 Å². The summed E-state index contributed by atoms with van der Waals surface area (Å²) in [6, 6.07) is 16.1. The number of nitrogens with one attached hydrogen (secondary N) is 1. The number of hydrogen-bond donors (Lipinski definition) is 2. The number of benzene rings is 2. The van der Waals surface area contributed by atoms with E-state index in [-0.39, 0.29) is 18.1 Å². The lowest BCUT2D eigenvalue weighted by Gasteiger charge is -2.19. The molecule has 1 amide bonds. The number of alkyl carbamates (subject to hydrolysis) is 1. The minimum Gasteiger partial charge on any atom is -0.481 e. The van der Waals surface area contributed by atoms with Crippen molar-refractivity contribution in [1.82, 2.24) is 10.3 Å². The van der Waals surface area contributed by atoms with Crippen LogP contribution in [0, 0.1) is 5.95 Å². The van der Waals surface area contributed by atoms with E-state index in [1.54, 1.807) is 0 Å². The van der Waals surface area contributed by atoms with Gasteiger partial charge in [0.1, 0.15) is 6.61 Å². The van der Waals surface area contributed by atoms with E-state index in [1.165, 1.54) is 12.3 Å². The summed E-state index contributed by atoms with van der Waals surface area (Å²) < 4.78 is 20.1. The third-order valence-electron chi connectivity index (χ3n) is 5.22. The van der Waals surface area contributed by atoms with Crippen LogP contribution in [-0.4, -0.2) is 28.8 Å². The molecule has 0 spiro atoms. The number of carbonyl (C=O) groups is 2. The lowest BCUT2D eigenvalue weighted by Crippen LogP contribution is -2.32. The highest BCUT2D eigenvalue weighted by molar-refractivity contribution is 9.10. The zero-order valence-corrected chi connectivity index (χ0v) is 17.8. The van der Waals surface area contributed by atoms with Crippen molar-refractivity contribution in [3.05, 3.63) is 87.9 Å². The van der Waals surface area contributed by atoms with Gasteiger partial charge in [-0.05, 0) is 44.3 Å². The Bertz CT molecular complexity index is 1110. The standard InChI is InChI=1S/C23H18BrFN2O4/c24-13-9-18(22(25)26-11-13)20(10-21(28)29)27-23(30)31-12-19-16-7-3-1-5-14(16)15-6-2-4-8-17(15)19/h1-9,11,19-20H,10,12H2,(H,27,30)(H,28,29)/t20-/m0/s1. The Labute approximate surface area is 186 Å². The van der Waals surface area contributed by atoms with Crippen molar-refractivity contribution < 1.29 is 23.8 Å². The average molecular weight is 485 g/mol. The molecule has 0 fully saturated rings. The van der Waals surface area contributed by atoms with E-state index in [0.717, 1.165) is 22.3 Å². The van der Waals surface area contributed by atoms with Gasteiger partial charge in [0.05, 0.1) is 12.5 Å². The van der Waals surface area contributed by atoms with Gasteiger partial charge >= 0.3 is 12.1 Å².